The molecule has 0 aliphatic heterocycles. The summed E-state index contributed by atoms with van der Waals surface area (Å²) in [5.74, 6) is 1.66. The van der Waals surface area contributed by atoms with E-state index >= 15 is 0 Å². The van der Waals surface area contributed by atoms with Crippen LogP contribution in [0, 0.1) is 17.6 Å². The molecule has 4 heteroatoms. The van der Waals surface area contributed by atoms with E-state index in [1.807, 2.05) is 6.92 Å². The van der Waals surface area contributed by atoms with Crippen LogP contribution in [0.15, 0.2) is 0 Å². The van der Waals surface area contributed by atoms with Gasteiger partial charge in [-0.3, -0.25) is 5.10 Å². The predicted molar refractivity (Wildman–Crippen MR) is 60.9 cm³/mol. The van der Waals surface area contributed by atoms with Gasteiger partial charge in [-0.2, -0.15) is 5.10 Å². The molecule has 3 nitrogen and oxygen atoms in total. The highest BCUT2D eigenvalue weighted by atomic mass is 32.1. The SMILES string of the molecule is CCC(CC)C(C)n1c(C)n[nH]c1=S. The molecule has 0 saturated carbocycles. The Balaban J connectivity index is 2.98. The van der Waals surface area contributed by atoms with Crippen LogP contribution in [-0.4, -0.2) is 14.8 Å². The normalized spacial score (nSPS) is 13.5. The maximum atomic E-state index is 5.21. The van der Waals surface area contributed by atoms with E-state index in [4.69, 9.17) is 12.2 Å². The van der Waals surface area contributed by atoms with E-state index in [2.05, 4.69) is 35.5 Å². The Hall–Kier alpha value is -0.640. The lowest BCUT2D eigenvalue weighted by atomic mass is 9.95. The largest absolute Gasteiger partial charge is 0.301 e. The van der Waals surface area contributed by atoms with E-state index in [0.29, 0.717) is 12.0 Å². The number of aromatic nitrogens is 3. The quantitative estimate of drug-likeness (QED) is 0.779. The smallest absolute Gasteiger partial charge is 0.195 e. The van der Waals surface area contributed by atoms with Gasteiger partial charge >= 0.3 is 0 Å². The summed E-state index contributed by atoms with van der Waals surface area (Å²) >= 11 is 5.21. The maximum absolute atomic E-state index is 5.21. The zero-order valence-corrected chi connectivity index (χ0v) is 10.2. The lowest BCUT2D eigenvalue weighted by Gasteiger charge is -2.23. The van der Waals surface area contributed by atoms with Crippen molar-refractivity contribution in [3.63, 3.8) is 0 Å². The van der Waals surface area contributed by atoms with Crippen molar-refractivity contribution in [2.75, 3.05) is 0 Å². The zero-order chi connectivity index (χ0) is 10.7. The summed E-state index contributed by atoms with van der Waals surface area (Å²) in [5, 5.41) is 6.97. The molecule has 0 bridgehead atoms. The van der Waals surface area contributed by atoms with Crippen molar-refractivity contribution in [3.8, 4) is 0 Å². The molecule has 1 heterocycles. The van der Waals surface area contributed by atoms with Crippen molar-refractivity contribution in [2.45, 2.75) is 46.6 Å². The third kappa shape index (κ3) is 2.05. The lowest BCUT2D eigenvalue weighted by Crippen LogP contribution is -2.16. The molecule has 1 unspecified atom stereocenters. The van der Waals surface area contributed by atoms with Crippen LogP contribution in [0.25, 0.3) is 0 Å². The van der Waals surface area contributed by atoms with Crippen molar-refractivity contribution in [1.82, 2.24) is 14.8 Å². The Morgan fingerprint density at radius 1 is 1.43 bits per heavy atom. The molecular weight excluding hydrogens is 194 g/mol. The molecular formula is C10H19N3S. The van der Waals surface area contributed by atoms with E-state index < -0.39 is 0 Å². The van der Waals surface area contributed by atoms with Crippen molar-refractivity contribution < 1.29 is 0 Å². The third-order valence-corrected chi connectivity index (χ3v) is 3.31. The second-order valence-electron chi connectivity index (χ2n) is 3.76. The summed E-state index contributed by atoms with van der Waals surface area (Å²) in [4.78, 5) is 0. The Morgan fingerprint density at radius 2 is 2.00 bits per heavy atom. The van der Waals surface area contributed by atoms with Crippen LogP contribution >= 0.6 is 12.2 Å². The number of nitrogens with one attached hydrogen (secondary N) is 1. The molecule has 1 rings (SSSR count). The average Bonchev–Trinajstić information content (AvgIpc) is 2.48. The monoisotopic (exact) mass is 213 g/mol. The first-order chi connectivity index (χ1) is 6.61. The second kappa shape index (κ2) is 4.73. The fourth-order valence-corrected chi connectivity index (χ4v) is 2.39. The predicted octanol–water partition coefficient (Wildman–Crippen LogP) is 3.25. The van der Waals surface area contributed by atoms with Crippen molar-refractivity contribution in [2.24, 2.45) is 5.92 Å². The van der Waals surface area contributed by atoms with E-state index in [1.54, 1.807) is 0 Å². The molecule has 0 saturated heterocycles. The Kier molecular flexibility index (Phi) is 3.86. The van der Waals surface area contributed by atoms with Gasteiger partial charge in [-0.15, -0.1) is 0 Å². The van der Waals surface area contributed by atoms with Gasteiger partial charge in [0.1, 0.15) is 5.82 Å². The van der Waals surface area contributed by atoms with Crippen molar-refractivity contribution in [1.29, 1.82) is 0 Å². The van der Waals surface area contributed by atoms with Gasteiger partial charge in [-0.1, -0.05) is 26.7 Å². The number of rotatable bonds is 4. The fraction of sp³-hybridized carbons (Fsp3) is 0.800. The van der Waals surface area contributed by atoms with Crippen molar-refractivity contribution >= 4 is 12.2 Å². The van der Waals surface area contributed by atoms with Crippen LogP contribution in [0.5, 0.6) is 0 Å². The zero-order valence-electron chi connectivity index (χ0n) is 9.37. The number of aryl methyl sites for hydroxylation is 1. The Bertz CT molecular complexity index is 335. The van der Waals surface area contributed by atoms with Crippen LogP contribution < -0.4 is 0 Å². The molecule has 1 aromatic heterocycles. The van der Waals surface area contributed by atoms with Crippen LogP contribution in [0.3, 0.4) is 0 Å². The molecule has 1 atom stereocenters. The first-order valence-electron chi connectivity index (χ1n) is 5.25. The van der Waals surface area contributed by atoms with E-state index in [-0.39, 0.29) is 0 Å². The molecule has 0 amide bonds. The number of H-pyrrole nitrogens is 1. The summed E-state index contributed by atoms with van der Waals surface area (Å²) in [6, 6.07) is 0.441. The lowest BCUT2D eigenvalue weighted by molar-refractivity contribution is 0.326. The highest BCUT2D eigenvalue weighted by molar-refractivity contribution is 7.71. The summed E-state index contributed by atoms with van der Waals surface area (Å²) in [7, 11) is 0. The molecule has 0 fully saturated rings. The van der Waals surface area contributed by atoms with Gasteiger partial charge in [0.15, 0.2) is 4.77 Å². The second-order valence-corrected chi connectivity index (χ2v) is 4.15. The van der Waals surface area contributed by atoms with E-state index in [9.17, 15) is 0 Å². The van der Waals surface area contributed by atoms with E-state index in [1.165, 1.54) is 12.8 Å². The summed E-state index contributed by atoms with van der Waals surface area (Å²) in [5.41, 5.74) is 0. The first-order valence-corrected chi connectivity index (χ1v) is 5.66. The molecule has 0 aliphatic carbocycles. The van der Waals surface area contributed by atoms with Gasteiger partial charge in [-0.25, -0.2) is 0 Å². The standard InChI is InChI=1S/C10H19N3S/c1-5-9(6-2)7(3)13-8(4)11-12-10(13)14/h7,9H,5-6H2,1-4H3,(H,12,14). The number of nitrogens with zero attached hydrogens (tertiary/aromatic N) is 2. The van der Waals surface area contributed by atoms with Crippen LogP contribution in [0.4, 0.5) is 0 Å². The van der Waals surface area contributed by atoms with Gasteiger partial charge in [0.05, 0.1) is 0 Å². The average molecular weight is 213 g/mol. The van der Waals surface area contributed by atoms with Crippen LogP contribution in [0.1, 0.15) is 45.5 Å². The number of hydrogen-bond donors (Lipinski definition) is 1. The summed E-state index contributed by atoms with van der Waals surface area (Å²) < 4.78 is 2.86. The van der Waals surface area contributed by atoms with Gasteiger partial charge < -0.3 is 4.57 Å². The molecule has 0 spiro atoms. The van der Waals surface area contributed by atoms with Gasteiger partial charge in [0.2, 0.25) is 0 Å². The minimum Gasteiger partial charge on any atom is -0.301 e. The molecule has 14 heavy (non-hydrogen) atoms. The summed E-state index contributed by atoms with van der Waals surface area (Å²) in [6.45, 7) is 8.66. The molecule has 1 N–H and O–H groups in total. The molecule has 0 aliphatic rings. The third-order valence-electron chi connectivity index (χ3n) is 3.02. The fourth-order valence-electron chi connectivity index (χ4n) is 2.04. The Labute approximate surface area is 90.5 Å². The maximum Gasteiger partial charge on any atom is 0.195 e. The van der Waals surface area contributed by atoms with Crippen LogP contribution in [0.2, 0.25) is 0 Å². The molecule has 0 radical (unpaired) electrons. The van der Waals surface area contributed by atoms with Crippen LogP contribution in [-0.2, 0) is 0 Å². The number of aromatic amines is 1. The molecule has 0 aromatic carbocycles. The van der Waals surface area contributed by atoms with Gasteiger partial charge in [0, 0.05) is 6.04 Å². The highest BCUT2D eigenvalue weighted by Gasteiger charge is 2.17. The van der Waals surface area contributed by atoms with E-state index in [0.717, 1.165) is 10.6 Å². The topological polar surface area (TPSA) is 33.6 Å². The summed E-state index contributed by atoms with van der Waals surface area (Å²) in [6.07, 6.45) is 2.37. The minimum absolute atomic E-state index is 0.441. The van der Waals surface area contributed by atoms with Gasteiger partial charge in [0.25, 0.3) is 0 Å². The minimum atomic E-state index is 0.441. The molecule has 1 aromatic rings. The highest BCUT2D eigenvalue weighted by Crippen LogP contribution is 2.24. The molecule has 80 valence electrons. The van der Waals surface area contributed by atoms with Crippen molar-refractivity contribution in [3.05, 3.63) is 10.6 Å². The Morgan fingerprint density at radius 3 is 2.36 bits per heavy atom. The number of hydrogen-bond acceptors (Lipinski definition) is 2. The first kappa shape index (κ1) is 11.4. The van der Waals surface area contributed by atoms with Gasteiger partial charge in [-0.05, 0) is 32.0 Å².